The molecule has 0 spiro atoms. The molecule has 0 unspecified atom stereocenters. The van der Waals surface area contributed by atoms with Gasteiger partial charge in [0.15, 0.2) is 0 Å². The van der Waals surface area contributed by atoms with Crippen molar-refractivity contribution in [2.24, 2.45) is 0 Å². The number of hydrogen-bond donors (Lipinski definition) is 2. The molecule has 0 saturated carbocycles. The van der Waals surface area contributed by atoms with Gasteiger partial charge in [-0.2, -0.15) is 0 Å². The van der Waals surface area contributed by atoms with E-state index < -0.39 is 5.97 Å². The lowest BCUT2D eigenvalue weighted by atomic mass is 10.1. The monoisotopic (exact) mass is 408 g/mol. The zero-order chi connectivity index (χ0) is 21.3. The van der Waals surface area contributed by atoms with E-state index in [9.17, 15) is 9.90 Å². The van der Waals surface area contributed by atoms with E-state index in [0.29, 0.717) is 12.6 Å². The van der Waals surface area contributed by atoms with Gasteiger partial charge in [-0.25, -0.2) is 4.98 Å². The molecule has 2 aromatic carbocycles. The highest BCUT2D eigenvalue weighted by atomic mass is 16.5. The second-order valence-corrected chi connectivity index (χ2v) is 7.41. The number of ether oxygens (including phenoxy) is 1. The summed E-state index contributed by atoms with van der Waals surface area (Å²) < 4.78 is 7.95. The molecule has 0 aliphatic heterocycles. The summed E-state index contributed by atoms with van der Waals surface area (Å²) in [6, 6.07) is 15.8. The standard InChI is InChI=1S/C24H28N2O4/c1-18-11-13-20(14-12-18)26-22(19-8-7-9-21(27)16-19)17-25-24(26)30-15-6-4-2-3-5-10-23(28)29/h7-9,11-14,16-17,27H,2-6,10,15H2,1H3,(H,28,29). The molecule has 30 heavy (non-hydrogen) atoms. The number of carboxylic acids is 1. The molecule has 0 atom stereocenters. The van der Waals surface area contributed by atoms with Gasteiger partial charge in [-0.1, -0.05) is 49.1 Å². The lowest BCUT2D eigenvalue weighted by Gasteiger charge is -2.13. The average Bonchev–Trinajstić information content (AvgIpc) is 3.14. The molecule has 6 nitrogen and oxygen atoms in total. The molecule has 0 saturated heterocycles. The number of rotatable bonds is 11. The van der Waals surface area contributed by atoms with E-state index in [1.54, 1.807) is 18.3 Å². The second kappa shape index (κ2) is 10.5. The molecular formula is C24H28N2O4. The van der Waals surface area contributed by atoms with Crippen LogP contribution in [0.25, 0.3) is 16.9 Å². The Kier molecular flexibility index (Phi) is 7.49. The molecule has 0 fully saturated rings. The van der Waals surface area contributed by atoms with Gasteiger partial charge in [0.05, 0.1) is 24.2 Å². The van der Waals surface area contributed by atoms with Crippen LogP contribution in [0, 0.1) is 6.92 Å². The first-order valence-corrected chi connectivity index (χ1v) is 10.3. The van der Waals surface area contributed by atoms with Crippen LogP contribution >= 0.6 is 0 Å². The van der Waals surface area contributed by atoms with Crippen LogP contribution in [0.4, 0.5) is 0 Å². The predicted octanol–water partition coefficient (Wildman–Crippen LogP) is 5.36. The maximum absolute atomic E-state index is 10.5. The second-order valence-electron chi connectivity index (χ2n) is 7.41. The maximum Gasteiger partial charge on any atom is 0.303 e. The van der Waals surface area contributed by atoms with Crippen molar-refractivity contribution < 1.29 is 19.7 Å². The van der Waals surface area contributed by atoms with E-state index in [1.165, 1.54) is 5.56 Å². The highest BCUT2D eigenvalue weighted by Crippen LogP contribution is 2.30. The van der Waals surface area contributed by atoms with Crippen molar-refractivity contribution in [3.05, 3.63) is 60.3 Å². The van der Waals surface area contributed by atoms with Crippen LogP contribution in [-0.4, -0.2) is 32.3 Å². The van der Waals surface area contributed by atoms with Crippen molar-refractivity contribution in [3.63, 3.8) is 0 Å². The molecule has 1 aromatic heterocycles. The van der Waals surface area contributed by atoms with Crippen LogP contribution in [0.5, 0.6) is 11.8 Å². The summed E-state index contributed by atoms with van der Waals surface area (Å²) in [5.74, 6) is -0.529. The van der Waals surface area contributed by atoms with Gasteiger partial charge in [-0.15, -0.1) is 0 Å². The number of benzene rings is 2. The number of carbonyl (C=O) groups is 1. The number of aromatic hydroxyl groups is 1. The molecule has 0 bridgehead atoms. The molecule has 158 valence electrons. The Balaban J connectivity index is 1.68. The van der Waals surface area contributed by atoms with Crippen LogP contribution in [-0.2, 0) is 4.79 Å². The van der Waals surface area contributed by atoms with E-state index in [2.05, 4.69) is 4.98 Å². The number of nitrogens with zero attached hydrogens (tertiary/aromatic N) is 2. The molecule has 0 aliphatic rings. The minimum absolute atomic E-state index is 0.203. The van der Waals surface area contributed by atoms with Crippen molar-refractivity contribution in [2.45, 2.75) is 45.4 Å². The fourth-order valence-electron chi connectivity index (χ4n) is 3.32. The van der Waals surface area contributed by atoms with Gasteiger partial charge >= 0.3 is 12.0 Å². The van der Waals surface area contributed by atoms with Crippen LogP contribution in [0.15, 0.2) is 54.7 Å². The fourth-order valence-corrected chi connectivity index (χ4v) is 3.32. The van der Waals surface area contributed by atoms with Gasteiger partial charge in [-0.3, -0.25) is 9.36 Å². The largest absolute Gasteiger partial charge is 0.508 e. The summed E-state index contributed by atoms with van der Waals surface area (Å²) in [6.07, 6.45) is 6.52. The van der Waals surface area contributed by atoms with Gasteiger partial charge < -0.3 is 14.9 Å². The van der Waals surface area contributed by atoms with Crippen molar-refractivity contribution in [1.82, 2.24) is 9.55 Å². The normalized spacial score (nSPS) is 10.8. The third-order valence-electron chi connectivity index (χ3n) is 4.93. The summed E-state index contributed by atoms with van der Waals surface area (Å²) in [4.78, 5) is 15.0. The van der Waals surface area contributed by atoms with E-state index in [0.717, 1.165) is 49.0 Å². The molecule has 0 amide bonds. The van der Waals surface area contributed by atoms with Crippen LogP contribution in [0.2, 0.25) is 0 Å². The molecule has 1 heterocycles. The highest BCUT2D eigenvalue weighted by Gasteiger charge is 2.15. The fraction of sp³-hybridized carbons (Fsp3) is 0.333. The average molecular weight is 408 g/mol. The van der Waals surface area contributed by atoms with E-state index in [1.807, 2.05) is 47.9 Å². The number of phenols is 1. The lowest BCUT2D eigenvalue weighted by molar-refractivity contribution is -0.137. The Hall–Kier alpha value is -3.28. The highest BCUT2D eigenvalue weighted by molar-refractivity contribution is 5.66. The van der Waals surface area contributed by atoms with Crippen molar-refractivity contribution in [2.75, 3.05) is 6.61 Å². The van der Waals surface area contributed by atoms with Crippen LogP contribution < -0.4 is 4.74 Å². The predicted molar refractivity (Wildman–Crippen MR) is 116 cm³/mol. The Morgan fingerprint density at radius 2 is 1.77 bits per heavy atom. The third-order valence-corrected chi connectivity index (χ3v) is 4.93. The van der Waals surface area contributed by atoms with Crippen molar-refractivity contribution in [1.29, 1.82) is 0 Å². The summed E-state index contributed by atoms with van der Waals surface area (Å²) >= 11 is 0. The Morgan fingerprint density at radius 1 is 1.03 bits per heavy atom. The van der Waals surface area contributed by atoms with Gasteiger partial charge in [0.25, 0.3) is 0 Å². The first-order chi connectivity index (χ1) is 14.5. The van der Waals surface area contributed by atoms with E-state index >= 15 is 0 Å². The summed E-state index contributed by atoms with van der Waals surface area (Å²) in [6.45, 7) is 2.59. The molecule has 6 heteroatoms. The first-order valence-electron chi connectivity index (χ1n) is 10.3. The third kappa shape index (κ3) is 5.86. The van der Waals surface area contributed by atoms with Crippen molar-refractivity contribution in [3.8, 4) is 28.7 Å². The van der Waals surface area contributed by atoms with Crippen LogP contribution in [0.3, 0.4) is 0 Å². The number of aromatic nitrogens is 2. The summed E-state index contributed by atoms with van der Waals surface area (Å²) in [5, 5.41) is 18.5. The van der Waals surface area contributed by atoms with Gasteiger partial charge in [-0.05, 0) is 44.0 Å². The number of hydrogen-bond acceptors (Lipinski definition) is 4. The molecule has 0 aliphatic carbocycles. The number of carboxylic acid groups (broad SMARTS) is 1. The first kappa shape index (κ1) is 21.4. The number of unbranched alkanes of at least 4 members (excludes halogenated alkanes) is 4. The number of imidazole rings is 1. The van der Waals surface area contributed by atoms with E-state index in [-0.39, 0.29) is 12.2 Å². The van der Waals surface area contributed by atoms with Gasteiger partial charge in [0.2, 0.25) is 0 Å². The Labute approximate surface area is 176 Å². The van der Waals surface area contributed by atoms with Gasteiger partial charge in [0.1, 0.15) is 5.75 Å². The Morgan fingerprint density at radius 3 is 2.50 bits per heavy atom. The maximum atomic E-state index is 10.5. The molecule has 2 N–H and O–H groups in total. The summed E-state index contributed by atoms with van der Waals surface area (Å²) in [7, 11) is 0. The van der Waals surface area contributed by atoms with Crippen LogP contribution in [0.1, 0.15) is 44.1 Å². The lowest BCUT2D eigenvalue weighted by Crippen LogP contribution is -2.05. The summed E-state index contributed by atoms with van der Waals surface area (Å²) in [5.41, 5.74) is 3.82. The number of aryl methyl sites for hydroxylation is 1. The SMILES string of the molecule is Cc1ccc(-n2c(-c3cccc(O)c3)cnc2OCCCCCCCC(=O)O)cc1. The van der Waals surface area contributed by atoms with Crippen molar-refractivity contribution >= 4 is 5.97 Å². The number of aliphatic carboxylic acids is 1. The molecule has 3 aromatic rings. The van der Waals surface area contributed by atoms with Gasteiger partial charge in [0, 0.05) is 12.0 Å². The molecule has 3 rings (SSSR count). The zero-order valence-corrected chi connectivity index (χ0v) is 17.3. The zero-order valence-electron chi connectivity index (χ0n) is 17.3. The molecular weight excluding hydrogens is 380 g/mol. The quantitative estimate of drug-likeness (QED) is 0.417. The minimum atomic E-state index is -0.733. The van der Waals surface area contributed by atoms with E-state index in [4.69, 9.17) is 9.84 Å². The minimum Gasteiger partial charge on any atom is -0.508 e. The molecule has 0 radical (unpaired) electrons. The topological polar surface area (TPSA) is 84.6 Å². The smallest absolute Gasteiger partial charge is 0.303 e. The number of phenolic OH excluding ortho intramolecular Hbond substituents is 1. The Bertz CT molecular complexity index is 964.